The fraction of sp³-hybridized carbons (Fsp3) is 0.471. The van der Waals surface area contributed by atoms with E-state index in [1.807, 2.05) is 24.3 Å². The van der Waals surface area contributed by atoms with Gasteiger partial charge in [0.1, 0.15) is 0 Å². The number of rotatable bonds is 3. The summed E-state index contributed by atoms with van der Waals surface area (Å²) in [5.41, 5.74) is 0.959. The molecule has 1 aromatic carbocycles. The van der Waals surface area contributed by atoms with Gasteiger partial charge in [0.15, 0.2) is 4.34 Å². The van der Waals surface area contributed by atoms with Gasteiger partial charge in [-0.3, -0.25) is 14.5 Å². The number of aromatic nitrogens is 1. The van der Waals surface area contributed by atoms with Gasteiger partial charge in [-0.15, -0.1) is 11.3 Å². The Morgan fingerprint density at radius 1 is 1.13 bits per heavy atom. The highest BCUT2D eigenvalue weighted by molar-refractivity contribution is 8.02. The van der Waals surface area contributed by atoms with Gasteiger partial charge in [-0.05, 0) is 25.0 Å². The topological polar surface area (TPSA) is 50.3 Å². The van der Waals surface area contributed by atoms with Crippen LogP contribution >= 0.6 is 23.1 Å². The van der Waals surface area contributed by atoms with E-state index >= 15 is 0 Å². The monoisotopic (exact) mass is 346 g/mol. The summed E-state index contributed by atoms with van der Waals surface area (Å²) in [7, 11) is 0. The normalized spacial score (nSPS) is 23.1. The van der Waals surface area contributed by atoms with Crippen LogP contribution in [0.25, 0.3) is 10.2 Å². The van der Waals surface area contributed by atoms with Gasteiger partial charge in [0, 0.05) is 12.5 Å². The Morgan fingerprint density at radius 2 is 1.91 bits per heavy atom. The fourth-order valence-electron chi connectivity index (χ4n) is 3.46. The van der Waals surface area contributed by atoms with Crippen molar-refractivity contribution < 1.29 is 9.59 Å². The maximum atomic E-state index is 12.7. The molecule has 1 saturated carbocycles. The predicted molar refractivity (Wildman–Crippen MR) is 92.6 cm³/mol. The molecule has 120 valence electrons. The summed E-state index contributed by atoms with van der Waals surface area (Å²) in [6.07, 6.45) is 5.72. The molecule has 1 saturated heterocycles. The van der Waals surface area contributed by atoms with Crippen LogP contribution in [0.2, 0.25) is 0 Å². The molecule has 1 unspecified atom stereocenters. The van der Waals surface area contributed by atoms with E-state index in [1.54, 1.807) is 16.2 Å². The van der Waals surface area contributed by atoms with Gasteiger partial charge in [0.25, 0.3) is 0 Å². The molecule has 0 radical (unpaired) electrons. The molecule has 2 heterocycles. The molecule has 1 aliphatic carbocycles. The second-order valence-corrected chi connectivity index (χ2v) is 8.63. The summed E-state index contributed by atoms with van der Waals surface area (Å²) >= 11 is 3.05. The van der Waals surface area contributed by atoms with Crippen molar-refractivity contribution in [3.63, 3.8) is 0 Å². The summed E-state index contributed by atoms with van der Waals surface area (Å²) in [6, 6.07) is 8.10. The summed E-state index contributed by atoms with van der Waals surface area (Å²) in [5.74, 6) is -0.00772. The number of thiazole rings is 1. The lowest BCUT2D eigenvalue weighted by atomic mass is 9.94. The zero-order valence-electron chi connectivity index (χ0n) is 12.7. The minimum Gasteiger partial charge on any atom is -0.278 e. The lowest BCUT2D eigenvalue weighted by Crippen LogP contribution is -2.41. The highest BCUT2D eigenvalue weighted by atomic mass is 32.2. The number of likely N-dealkylation sites (tertiary alicyclic amines) is 1. The first-order valence-corrected chi connectivity index (χ1v) is 9.80. The molecule has 0 N–H and O–H groups in total. The number of benzene rings is 1. The third-order valence-corrected chi connectivity index (χ3v) is 6.91. The van der Waals surface area contributed by atoms with Gasteiger partial charge in [0.2, 0.25) is 11.8 Å². The van der Waals surface area contributed by atoms with Gasteiger partial charge in [-0.25, -0.2) is 4.98 Å². The smallest absolute Gasteiger partial charge is 0.243 e. The Labute approximate surface area is 143 Å². The Morgan fingerprint density at radius 3 is 2.70 bits per heavy atom. The average Bonchev–Trinajstić information content (AvgIpc) is 3.09. The molecule has 0 spiro atoms. The van der Waals surface area contributed by atoms with Crippen molar-refractivity contribution in [2.24, 2.45) is 0 Å². The van der Waals surface area contributed by atoms with Crippen molar-refractivity contribution in [1.29, 1.82) is 0 Å². The second kappa shape index (κ2) is 6.24. The number of hydrogen-bond acceptors (Lipinski definition) is 5. The summed E-state index contributed by atoms with van der Waals surface area (Å²) in [5, 5.41) is -0.301. The van der Waals surface area contributed by atoms with Crippen molar-refractivity contribution in [3.05, 3.63) is 24.3 Å². The van der Waals surface area contributed by atoms with Crippen LogP contribution in [0.4, 0.5) is 0 Å². The molecule has 4 rings (SSSR count). The minimum atomic E-state index is -0.301. The zero-order valence-corrected chi connectivity index (χ0v) is 14.4. The summed E-state index contributed by atoms with van der Waals surface area (Å²) in [4.78, 5) is 31.2. The first-order chi connectivity index (χ1) is 11.2. The molecule has 1 aromatic heterocycles. The van der Waals surface area contributed by atoms with Crippen LogP contribution in [-0.4, -0.2) is 33.0 Å². The van der Waals surface area contributed by atoms with Crippen LogP contribution in [0.1, 0.15) is 38.5 Å². The molecule has 0 bridgehead atoms. The van der Waals surface area contributed by atoms with Gasteiger partial charge in [0.05, 0.1) is 15.5 Å². The molecular formula is C17H18N2O2S2. The molecule has 23 heavy (non-hydrogen) atoms. The lowest BCUT2D eigenvalue weighted by molar-refractivity contribution is -0.141. The second-order valence-electron chi connectivity index (χ2n) is 6.15. The maximum absolute atomic E-state index is 12.7. The van der Waals surface area contributed by atoms with E-state index in [0.29, 0.717) is 6.42 Å². The first kappa shape index (κ1) is 15.1. The van der Waals surface area contributed by atoms with Crippen molar-refractivity contribution in [1.82, 2.24) is 9.88 Å². The number of hydrogen-bond donors (Lipinski definition) is 0. The van der Waals surface area contributed by atoms with Gasteiger partial charge in [-0.2, -0.15) is 0 Å². The summed E-state index contributed by atoms with van der Waals surface area (Å²) in [6.45, 7) is 0. The van der Waals surface area contributed by atoms with E-state index < -0.39 is 0 Å². The van der Waals surface area contributed by atoms with E-state index in [2.05, 4.69) is 4.98 Å². The molecule has 1 atom stereocenters. The Hall–Kier alpha value is -1.40. The molecule has 2 amide bonds. The van der Waals surface area contributed by atoms with Crippen molar-refractivity contribution in [3.8, 4) is 0 Å². The fourth-order valence-corrected chi connectivity index (χ4v) is 5.80. The predicted octanol–water partition coefficient (Wildman–Crippen LogP) is 3.85. The third-order valence-electron chi connectivity index (χ3n) is 4.60. The number of nitrogens with zero attached hydrogens (tertiary/aromatic N) is 2. The van der Waals surface area contributed by atoms with Crippen LogP contribution in [-0.2, 0) is 9.59 Å². The van der Waals surface area contributed by atoms with Crippen LogP contribution in [0, 0.1) is 0 Å². The highest BCUT2D eigenvalue weighted by Crippen LogP contribution is 2.38. The lowest BCUT2D eigenvalue weighted by Gasteiger charge is -2.29. The molecule has 2 aliphatic rings. The van der Waals surface area contributed by atoms with Crippen molar-refractivity contribution in [2.45, 2.75) is 54.2 Å². The molecule has 4 nitrogen and oxygen atoms in total. The summed E-state index contributed by atoms with van der Waals surface area (Å²) < 4.78 is 2.00. The Kier molecular flexibility index (Phi) is 4.11. The maximum Gasteiger partial charge on any atom is 0.243 e. The highest BCUT2D eigenvalue weighted by Gasteiger charge is 2.43. The van der Waals surface area contributed by atoms with E-state index in [4.69, 9.17) is 0 Å². The number of amides is 2. The molecule has 6 heteroatoms. The number of thioether (sulfide) groups is 1. The quantitative estimate of drug-likeness (QED) is 0.792. The molecule has 1 aliphatic heterocycles. The standard InChI is InChI=1S/C17H18N2O2S2/c20-15-10-14(16(21)19(15)11-6-2-1-3-7-11)23-17-18-12-8-4-5-9-13(12)22-17/h4-5,8-9,11,14H,1-3,6-7,10H2. The van der Waals surface area contributed by atoms with Crippen LogP contribution in [0.5, 0.6) is 0 Å². The van der Waals surface area contributed by atoms with E-state index in [0.717, 1.165) is 40.2 Å². The van der Waals surface area contributed by atoms with Gasteiger partial charge in [-0.1, -0.05) is 43.2 Å². The SMILES string of the molecule is O=C1CC(Sc2nc3ccccc3s2)C(=O)N1C1CCCCC1. The van der Waals surface area contributed by atoms with Crippen molar-refractivity contribution >= 4 is 45.1 Å². The Bertz CT molecular complexity index is 719. The molecular weight excluding hydrogens is 328 g/mol. The van der Waals surface area contributed by atoms with Crippen LogP contribution < -0.4 is 0 Å². The number of para-hydroxylation sites is 1. The number of carbonyl (C=O) groups excluding carboxylic acids is 2. The van der Waals surface area contributed by atoms with Crippen molar-refractivity contribution in [2.75, 3.05) is 0 Å². The first-order valence-electron chi connectivity index (χ1n) is 8.10. The third kappa shape index (κ3) is 2.90. The largest absolute Gasteiger partial charge is 0.278 e. The van der Waals surface area contributed by atoms with E-state index in [9.17, 15) is 9.59 Å². The average molecular weight is 346 g/mol. The number of carbonyl (C=O) groups is 2. The Balaban J connectivity index is 1.51. The van der Waals surface area contributed by atoms with Crippen LogP contribution in [0.3, 0.4) is 0 Å². The molecule has 2 fully saturated rings. The van der Waals surface area contributed by atoms with E-state index in [-0.39, 0.29) is 23.1 Å². The van der Waals surface area contributed by atoms with Gasteiger partial charge >= 0.3 is 0 Å². The van der Waals surface area contributed by atoms with Gasteiger partial charge < -0.3 is 0 Å². The number of fused-ring (bicyclic) bond motifs is 1. The van der Waals surface area contributed by atoms with Crippen LogP contribution in [0.15, 0.2) is 28.6 Å². The minimum absolute atomic E-state index is 0.000473. The number of imide groups is 1. The van der Waals surface area contributed by atoms with E-state index in [1.165, 1.54) is 18.2 Å². The molecule has 2 aromatic rings. The zero-order chi connectivity index (χ0) is 15.8.